The molecule has 33 heavy (non-hydrogen) atoms. The summed E-state index contributed by atoms with van der Waals surface area (Å²) in [6.45, 7) is 3.25. The van der Waals surface area contributed by atoms with Crippen molar-refractivity contribution in [2.75, 3.05) is 20.8 Å². The van der Waals surface area contributed by atoms with Crippen molar-refractivity contribution in [2.45, 2.75) is 0 Å². The lowest BCUT2D eigenvalue weighted by Crippen LogP contribution is -2.16. The zero-order chi connectivity index (χ0) is 25.1. The molecule has 0 unspecified atom stereocenters. The summed E-state index contributed by atoms with van der Waals surface area (Å²) < 4.78 is 41.0. The van der Waals surface area contributed by atoms with Gasteiger partial charge in [0.2, 0.25) is 0 Å². The fourth-order valence-corrected chi connectivity index (χ4v) is 2.87. The first-order chi connectivity index (χ1) is 15.6. The number of phenolic OH excluding ortho intramolecular Hbond substituents is 1. The summed E-state index contributed by atoms with van der Waals surface area (Å²) in [6.07, 6.45) is 2.83. The van der Waals surface area contributed by atoms with Crippen molar-refractivity contribution in [2.24, 2.45) is 0 Å². The molecule has 0 saturated carbocycles. The highest BCUT2D eigenvalue weighted by molar-refractivity contribution is 9.10. The number of hydrogen-bond donors (Lipinski definition) is 1. The normalized spacial score (nSPS) is 11.0. The van der Waals surface area contributed by atoms with E-state index in [1.54, 1.807) is 12.1 Å². The summed E-state index contributed by atoms with van der Waals surface area (Å²) in [5.41, 5.74) is 0.243. The van der Waals surface area contributed by atoms with E-state index in [2.05, 4.69) is 47.9 Å². The molecule has 0 aromatic heterocycles. The van der Waals surface area contributed by atoms with Crippen LogP contribution in [-0.4, -0.2) is 44.2 Å². The summed E-state index contributed by atoms with van der Waals surface area (Å²) in [6, 6.07) is 5.78. The van der Waals surface area contributed by atoms with Gasteiger partial charge in [0.1, 0.15) is 23.9 Å². The molecule has 1 heterocycles. The van der Waals surface area contributed by atoms with Gasteiger partial charge in [-0.2, -0.15) is 0 Å². The third-order valence-corrected chi connectivity index (χ3v) is 5.06. The number of fused-ring (bicyclic) bond motifs is 1. The Morgan fingerprint density at radius 1 is 1.09 bits per heavy atom. The first-order valence-corrected chi connectivity index (χ1v) is 10.4. The first-order valence-electron chi connectivity index (χ1n) is 8.83. The summed E-state index contributed by atoms with van der Waals surface area (Å²) in [5, 5.41) is 8.92. The lowest BCUT2D eigenvalue weighted by molar-refractivity contribution is -0.136. The van der Waals surface area contributed by atoms with Crippen molar-refractivity contribution in [1.29, 1.82) is 0 Å². The zero-order valence-corrected chi connectivity index (χ0v) is 20.5. The largest absolute Gasteiger partial charge is 0.507 e. The molecule has 0 fully saturated rings. The number of carbonyl (C=O) groups excluding carboxylic acids is 3. The van der Waals surface area contributed by atoms with Crippen molar-refractivity contribution < 1.29 is 42.5 Å². The summed E-state index contributed by atoms with van der Waals surface area (Å²) in [7, 11) is 2.58. The summed E-state index contributed by atoms with van der Waals surface area (Å²) >= 11 is 5.95. The van der Waals surface area contributed by atoms with Crippen LogP contribution in [0.5, 0.6) is 11.5 Å². The zero-order valence-electron chi connectivity index (χ0n) is 17.4. The molecule has 0 saturated heterocycles. The monoisotopic (exact) mass is 590 g/mol. The van der Waals surface area contributed by atoms with Gasteiger partial charge in [0.15, 0.2) is 12.1 Å². The SMILES string of the molecule is C=CC(=O)OC.COC(=O)C1=Cc2c(ccc(Br)c2F)OC1.O=Cc1c(O)ccc(Br)c1F. The molecule has 0 amide bonds. The van der Waals surface area contributed by atoms with E-state index in [1.807, 2.05) is 0 Å². The Hall–Kier alpha value is -3.05. The van der Waals surface area contributed by atoms with Gasteiger partial charge >= 0.3 is 11.9 Å². The molecule has 1 aliphatic heterocycles. The number of carbonyl (C=O) groups is 3. The second-order valence-corrected chi connectivity index (χ2v) is 7.57. The van der Waals surface area contributed by atoms with Crippen LogP contribution in [0.3, 0.4) is 0 Å². The standard InChI is InChI=1S/C11H8BrFO3.C7H4BrFO2.C4H6O2/c1-15-11(14)6-4-7-9(16-5-6)3-2-8(12)10(7)13;8-5-1-2-6(11)4(3-10)7(5)9;1-3-4(5)6-2/h2-4H,5H2,1H3;1-3,11H;3H,1H2,2H3. The molecular formula is C22H18Br2F2O7. The molecule has 0 bridgehead atoms. The maximum atomic E-state index is 13.7. The molecule has 0 radical (unpaired) electrons. The number of aldehydes is 1. The van der Waals surface area contributed by atoms with Crippen molar-refractivity contribution in [1.82, 2.24) is 0 Å². The molecule has 7 nitrogen and oxygen atoms in total. The first kappa shape index (κ1) is 28.0. The van der Waals surface area contributed by atoms with Gasteiger partial charge in [-0.3, -0.25) is 4.79 Å². The summed E-state index contributed by atoms with van der Waals surface area (Å²) in [4.78, 5) is 31.3. The predicted octanol–water partition coefficient (Wildman–Crippen LogP) is 4.99. The van der Waals surface area contributed by atoms with Gasteiger partial charge in [-0.15, -0.1) is 0 Å². The van der Waals surface area contributed by atoms with Crippen molar-refractivity contribution in [3.8, 4) is 11.5 Å². The number of ether oxygens (including phenoxy) is 3. The van der Waals surface area contributed by atoms with Crippen LogP contribution in [0.2, 0.25) is 0 Å². The van der Waals surface area contributed by atoms with E-state index >= 15 is 0 Å². The topological polar surface area (TPSA) is 99.1 Å². The molecule has 2 aromatic rings. The Morgan fingerprint density at radius 3 is 2.18 bits per heavy atom. The molecule has 0 atom stereocenters. The molecule has 2 aromatic carbocycles. The lowest BCUT2D eigenvalue weighted by Gasteiger charge is -2.17. The van der Waals surface area contributed by atoms with Gasteiger partial charge in [0.05, 0.1) is 39.9 Å². The molecule has 176 valence electrons. The molecule has 11 heteroatoms. The number of phenols is 1. The van der Waals surface area contributed by atoms with Gasteiger partial charge in [-0.1, -0.05) is 6.58 Å². The van der Waals surface area contributed by atoms with Crippen molar-refractivity contribution >= 4 is 56.2 Å². The minimum atomic E-state index is -0.736. The van der Waals surface area contributed by atoms with Crippen LogP contribution < -0.4 is 4.74 Å². The van der Waals surface area contributed by atoms with Crippen LogP contribution in [0.1, 0.15) is 15.9 Å². The number of methoxy groups -OCH3 is 2. The number of halogens is 4. The Kier molecular flexibility index (Phi) is 11.4. The second kappa shape index (κ2) is 13.5. The van der Waals surface area contributed by atoms with Gasteiger partial charge in [0, 0.05) is 6.08 Å². The van der Waals surface area contributed by atoms with Crippen LogP contribution >= 0.6 is 31.9 Å². The van der Waals surface area contributed by atoms with E-state index in [0.29, 0.717) is 15.8 Å². The van der Waals surface area contributed by atoms with Gasteiger partial charge in [-0.05, 0) is 62.2 Å². The summed E-state index contributed by atoms with van der Waals surface area (Å²) in [5.74, 6) is -2.01. The van der Waals surface area contributed by atoms with Crippen LogP contribution in [0.4, 0.5) is 8.78 Å². The van der Waals surface area contributed by atoms with E-state index in [-0.39, 0.29) is 34.2 Å². The molecule has 0 aliphatic carbocycles. The van der Waals surface area contributed by atoms with Crippen molar-refractivity contribution in [3.63, 3.8) is 0 Å². The molecule has 1 aliphatic rings. The van der Waals surface area contributed by atoms with Gasteiger partial charge in [0.25, 0.3) is 0 Å². The number of aromatic hydroxyl groups is 1. The predicted molar refractivity (Wildman–Crippen MR) is 123 cm³/mol. The van der Waals surface area contributed by atoms with Gasteiger partial charge < -0.3 is 19.3 Å². The van der Waals surface area contributed by atoms with Crippen molar-refractivity contribution in [3.05, 3.63) is 74.2 Å². The highest BCUT2D eigenvalue weighted by Gasteiger charge is 2.21. The average molecular weight is 592 g/mol. The highest BCUT2D eigenvalue weighted by atomic mass is 79.9. The third-order valence-electron chi connectivity index (χ3n) is 3.84. The van der Waals surface area contributed by atoms with Crippen LogP contribution in [0.25, 0.3) is 6.08 Å². The quantitative estimate of drug-likeness (QED) is 0.305. The number of rotatable bonds is 3. The minimum absolute atomic E-state index is 0.0980. The lowest BCUT2D eigenvalue weighted by atomic mass is 10.1. The van der Waals surface area contributed by atoms with E-state index in [1.165, 1.54) is 32.4 Å². The smallest absolute Gasteiger partial charge is 0.337 e. The average Bonchev–Trinajstić information content (AvgIpc) is 2.84. The van der Waals surface area contributed by atoms with E-state index in [4.69, 9.17) is 9.84 Å². The Bertz CT molecular complexity index is 1080. The number of benzene rings is 2. The van der Waals surface area contributed by atoms with Crippen LogP contribution in [0, 0.1) is 11.6 Å². The van der Waals surface area contributed by atoms with Crippen LogP contribution in [0.15, 0.2) is 51.4 Å². The maximum Gasteiger partial charge on any atom is 0.337 e. The Morgan fingerprint density at radius 2 is 1.70 bits per heavy atom. The minimum Gasteiger partial charge on any atom is -0.507 e. The van der Waals surface area contributed by atoms with E-state index in [9.17, 15) is 23.2 Å². The Labute approximate surface area is 204 Å². The van der Waals surface area contributed by atoms with E-state index < -0.39 is 23.6 Å². The fraction of sp³-hybridized carbons (Fsp3) is 0.136. The highest BCUT2D eigenvalue weighted by Crippen LogP contribution is 2.32. The van der Waals surface area contributed by atoms with E-state index in [0.717, 1.165) is 6.08 Å². The third kappa shape index (κ3) is 7.79. The molecule has 3 rings (SSSR count). The molecular weight excluding hydrogens is 574 g/mol. The second-order valence-electron chi connectivity index (χ2n) is 5.86. The fourth-order valence-electron chi connectivity index (χ4n) is 2.18. The molecule has 0 spiro atoms. The maximum absolute atomic E-state index is 13.7. The van der Waals surface area contributed by atoms with Crippen LogP contribution in [-0.2, 0) is 19.1 Å². The number of esters is 2. The van der Waals surface area contributed by atoms with Gasteiger partial charge in [-0.25, -0.2) is 18.4 Å². The molecule has 1 N–H and O–H groups in total. The Balaban J connectivity index is 0.000000278. The number of hydrogen-bond acceptors (Lipinski definition) is 7.